The van der Waals surface area contributed by atoms with E-state index in [4.69, 9.17) is 4.74 Å². The lowest BCUT2D eigenvalue weighted by molar-refractivity contribution is -0.127. The third-order valence-electron chi connectivity index (χ3n) is 5.23. The van der Waals surface area contributed by atoms with Crippen LogP contribution in [0.1, 0.15) is 20.3 Å². The van der Waals surface area contributed by atoms with Crippen molar-refractivity contribution in [2.45, 2.75) is 32.5 Å². The second kappa shape index (κ2) is 10.1. The SMILES string of the molecule is C=C/C(=C\C1=CCN(C(=O)C2=CC(C(C)C)=C(OC)CC2O)C1)C(O)CN(C)C. The van der Waals surface area contributed by atoms with E-state index in [2.05, 4.69) is 6.58 Å². The van der Waals surface area contributed by atoms with Crippen molar-refractivity contribution in [1.29, 1.82) is 0 Å². The largest absolute Gasteiger partial charge is 0.501 e. The molecule has 0 fully saturated rings. The number of likely N-dealkylation sites (N-methyl/N-ethyl adjacent to an activating group) is 1. The van der Waals surface area contributed by atoms with Crippen LogP contribution >= 0.6 is 0 Å². The Kier molecular flexibility index (Phi) is 8.02. The number of carbonyl (C=O) groups excluding carboxylic acids is 1. The normalized spacial score (nSPS) is 21.5. The van der Waals surface area contributed by atoms with Crippen molar-refractivity contribution in [3.63, 3.8) is 0 Å². The average Bonchev–Trinajstić information content (AvgIpc) is 3.12. The van der Waals surface area contributed by atoms with Gasteiger partial charge in [0.25, 0.3) is 5.91 Å². The van der Waals surface area contributed by atoms with Crippen LogP contribution in [0, 0.1) is 5.92 Å². The number of hydrogen-bond acceptors (Lipinski definition) is 5. The zero-order valence-electron chi connectivity index (χ0n) is 18.2. The van der Waals surface area contributed by atoms with E-state index >= 15 is 0 Å². The van der Waals surface area contributed by atoms with Crippen LogP contribution in [-0.4, -0.2) is 79.0 Å². The fourth-order valence-electron chi connectivity index (χ4n) is 3.62. The van der Waals surface area contributed by atoms with Crippen molar-refractivity contribution >= 4 is 5.91 Å². The molecule has 0 saturated heterocycles. The van der Waals surface area contributed by atoms with Gasteiger partial charge in [0, 0.05) is 31.6 Å². The van der Waals surface area contributed by atoms with Crippen molar-refractivity contribution in [2.24, 2.45) is 5.92 Å². The van der Waals surface area contributed by atoms with E-state index in [0.717, 1.165) is 22.5 Å². The van der Waals surface area contributed by atoms with Crippen molar-refractivity contribution in [1.82, 2.24) is 9.80 Å². The molecule has 0 aromatic heterocycles. The van der Waals surface area contributed by atoms with Gasteiger partial charge in [0.2, 0.25) is 0 Å². The highest BCUT2D eigenvalue weighted by Crippen LogP contribution is 2.31. The molecule has 1 heterocycles. The molecule has 6 heteroatoms. The van der Waals surface area contributed by atoms with Gasteiger partial charge in [-0.2, -0.15) is 0 Å². The van der Waals surface area contributed by atoms with Gasteiger partial charge in [-0.3, -0.25) is 4.79 Å². The van der Waals surface area contributed by atoms with Gasteiger partial charge < -0.3 is 24.7 Å². The maximum absolute atomic E-state index is 13.1. The summed E-state index contributed by atoms with van der Waals surface area (Å²) in [4.78, 5) is 16.7. The Labute approximate surface area is 174 Å². The number of carbonyl (C=O) groups is 1. The number of ether oxygens (including phenoxy) is 1. The zero-order chi connectivity index (χ0) is 21.7. The van der Waals surface area contributed by atoms with Gasteiger partial charge in [-0.15, -0.1) is 0 Å². The lowest BCUT2D eigenvalue weighted by Gasteiger charge is -2.27. The Morgan fingerprint density at radius 1 is 1.45 bits per heavy atom. The van der Waals surface area contributed by atoms with E-state index in [1.807, 2.05) is 45.0 Å². The number of aliphatic hydroxyl groups excluding tert-OH is 2. The van der Waals surface area contributed by atoms with Crippen LogP contribution in [0.25, 0.3) is 0 Å². The smallest absolute Gasteiger partial charge is 0.253 e. The summed E-state index contributed by atoms with van der Waals surface area (Å²) < 4.78 is 5.41. The summed E-state index contributed by atoms with van der Waals surface area (Å²) in [5.41, 5.74) is 3.04. The van der Waals surface area contributed by atoms with Gasteiger partial charge >= 0.3 is 0 Å². The average molecular weight is 403 g/mol. The molecule has 1 aliphatic heterocycles. The summed E-state index contributed by atoms with van der Waals surface area (Å²) in [6.07, 6.45) is 6.10. The first-order valence-corrected chi connectivity index (χ1v) is 9.99. The molecule has 6 nitrogen and oxygen atoms in total. The van der Waals surface area contributed by atoms with Crippen LogP contribution in [0.3, 0.4) is 0 Å². The van der Waals surface area contributed by atoms with E-state index in [0.29, 0.717) is 31.6 Å². The Hall–Kier alpha value is -2.15. The monoisotopic (exact) mass is 402 g/mol. The van der Waals surface area contributed by atoms with Crippen LogP contribution < -0.4 is 0 Å². The Morgan fingerprint density at radius 2 is 2.14 bits per heavy atom. The molecule has 2 atom stereocenters. The molecule has 0 spiro atoms. The molecular weight excluding hydrogens is 368 g/mol. The molecular formula is C23H34N2O4. The third-order valence-corrected chi connectivity index (χ3v) is 5.23. The van der Waals surface area contributed by atoms with Gasteiger partial charge in [-0.05, 0) is 42.8 Å². The topological polar surface area (TPSA) is 73.2 Å². The van der Waals surface area contributed by atoms with Gasteiger partial charge in [0.15, 0.2) is 0 Å². The summed E-state index contributed by atoms with van der Waals surface area (Å²) in [7, 11) is 5.39. The molecule has 2 N–H and O–H groups in total. The number of aliphatic hydroxyl groups is 2. The number of nitrogens with zero attached hydrogens (tertiary/aromatic N) is 2. The van der Waals surface area contributed by atoms with Gasteiger partial charge in [-0.25, -0.2) is 0 Å². The molecule has 1 amide bonds. The predicted octanol–water partition coefficient (Wildman–Crippen LogP) is 2.04. The van der Waals surface area contributed by atoms with Crippen molar-refractivity contribution in [3.8, 4) is 0 Å². The minimum Gasteiger partial charge on any atom is -0.501 e. The number of allylic oxidation sites excluding steroid dienone is 2. The van der Waals surface area contributed by atoms with Gasteiger partial charge in [0.1, 0.15) is 5.76 Å². The molecule has 0 aromatic carbocycles. The second-order valence-corrected chi connectivity index (χ2v) is 8.15. The molecule has 2 aliphatic rings. The van der Waals surface area contributed by atoms with Gasteiger partial charge in [0.05, 0.1) is 19.3 Å². The Balaban J connectivity index is 2.14. The summed E-state index contributed by atoms with van der Waals surface area (Å²) >= 11 is 0. The maximum atomic E-state index is 13.1. The predicted molar refractivity (Wildman–Crippen MR) is 115 cm³/mol. The third kappa shape index (κ3) is 5.69. The summed E-state index contributed by atoms with van der Waals surface area (Å²) in [6.45, 7) is 9.29. The van der Waals surface area contributed by atoms with Crippen LogP contribution in [0.5, 0.6) is 0 Å². The van der Waals surface area contributed by atoms with Crippen LogP contribution in [0.2, 0.25) is 0 Å². The van der Waals surface area contributed by atoms with Crippen molar-refractivity contribution < 1.29 is 19.7 Å². The molecule has 0 saturated carbocycles. The zero-order valence-corrected chi connectivity index (χ0v) is 18.2. The lowest BCUT2D eigenvalue weighted by Crippen LogP contribution is -2.36. The number of hydrogen-bond donors (Lipinski definition) is 2. The van der Waals surface area contributed by atoms with Crippen molar-refractivity contribution in [2.75, 3.05) is 40.8 Å². The molecule has 1 aliphatic carbocycles. The van der Waals surface area contributed by atoms with Gasteiger partial charge in [-0.1, -0.05) is 38.7 Å². The fourth-order valence-corrected chi connectivity index (χ4v) is 3.62. The van der Waals surface area contributed by atoms with Crippen LogP contribution in [-0.2, 0) is 9.53 Å². The standard InChI is InChI=1S/C23H34N2O4/c1-7-17(21(27)14-24(4)5)10-16-8-9-25(13-16)23(28)19-11-18(15(2)3)22(29-6)12-20(19)26/h7-8,10-11,15,20-21,26-27H,1,9,12-14H2,2-6H3/b17-10+. The minimum atomic E-state index is -0.870. The quantitative estimate of drug-likeness (QED) is 0.608. The van der Waals surface area contributed by atoms with Crippen LogP contribution in [0.4, 0.5) is 0 Å². The lowest BCUT2D eigenvalue weighted by atomic mass is 9.88. The fraction of sp³-hybridized carbons (Fsp3) is 0.522. The molecule has 160 valence electrons. The highest BCUT2D eigenvalue weighted by atomic mass is 16.5. The van der Waals surface area contributed by atoms with E-state index in [1.165, 1.54) is 0 Å². The summed E-state index contributed by atoms with van der Waals surface area (Å²) in [6, 6.07) is 0. The highest BCUT2D eigenvalue weighted by molar-refractivity contribution is 5.96. The summed E-state index contributed by atoms with van der Waals surface area (Å²) in [5.74, 6) is 0.765. The Morgan fingerprint density at radius 3 is 2.69 bits per heavy atom. The van der Waals surface area contributed by atoms with E-state index in [-0.39, 0.29) is 11.8 Å². The second-order valence-electron chi connectivity index (χ2n) is 8.15. The molecule has 2 rings (SSSR count). The molecule has 0 radical (unpaired) electrons. The number of amides is 1. The first-order chi connectivity index (χ1) is 13.7. The molecule has 0 aromatic rings. The maximum Gasteiger partial charge on any atom is 0.253 e. The molecule has 2 unspecified atom stereocenters. The van der Waals surface area contributed by atoms with E-state index in [1.54, 1.807) is 24.2 Å². The number of rotatable bonds is 8. The first kappa shape index (κ1) is 23.1. The number of methoxy groups -OCH3 is 1. The minimum absolute atomic E-state index is 0.167. The molecule has 29 heavy (non-hydrogen) atoms. The van der Waals surface area contributed by atoms with Crippen molar-refractivity contribution in [3.05, 3.63) is 58.9 Å². The van der Waals surface area contributed by atoms with E-state index in [9.17, 15) is 15.0 Å². The first-order valence-electron chi connectivity index (χ1n) is 9.99. The Bertz CT molecular complexity index is 759. The van der Waals surface area contributed by atoms with E-state index < -0.39 is 12.2 Å². The van der Waals surface area contributed by atoms with Crippen LogP contribution in [0.15, 0.2) is 58.9 Å². The highest BCUT2D eigenvalue weighted by Gasteiger charge is 2.31. The summed E-state index contributed by atoms with van der Waals surface area (Å²) in [5, 5.41) is 20.8. The molecule has 0 bridgehead atoms.